The number of nitrogens with one attached hydrogen (secondary N) is 1. The molecule has 0 aliphatic carbocycles. The van der Waals surface area contributed by atoms with E-state index in [1.165, 1.54) is 15.8 Å². The van der Waals surface area contributed by atoms with E-state index in [4.69, 9.17) is 11.6 Å². The lowest BCUT2D eigenvalue weighted by Gasteiger charge is -2.21. The van der Waals surface area contributed by atoms with Crippen molar-refractivity contribution in [2.75, 3.05) is 29.9 Å². The van der Waals surface area contributed by atoms with Crippen LogP contribution in [0.5, 0.6) is 0 Å². The van der Waals surface area contributed by atoms with Gasteiger partial charge in [-0.25, -0.2) is 4.98 Å². The Bertz CT molecular complexity index is 758. The van der Waals surface area contributed by atoms with Gasteiger partial charge in [-0.1, -0.05) is 17.7 Å². The molecule has 1 aromatic carbocycles. The Balaban J connectivity index is 1.63. The topological polar surface area (TPSA) is 50.2 Å². The molecule has 3 rings (SSSR count). The lowest BCUT2D eigenvalue weighted by Crippen LogP contribution is -2.26. The number of rotatable bonds is 4. The van der Waals surface area contributed by atoms with Gasteiger partial charge in [-0.3, -0.25) is 4.79 Å². The molecule has 1 N–H and O–H groups in total. The third-order valence-electron chi connectivity index (χ3n) is 4.37. The largest absolute Gasteiger partial charge is 0.371 e. The van der Waals surface area contributed by atoms with E-state index in [1.54, 1.807) is 19.4 Å². The first kappa shape index (κ1) is 15.9. The predicted molar refractivity (Wildman–Crippen MR) is 94.5 cm³/mol. The summed E-state index contributed by atoms with van der Waals surface area (Å²) in [4.78, 5) is 18.4. The molecule has 0 bridgehead atoms. The van der Waals surface area contributed by atoms with Gasteiger partial charge < -0.3 is 14.8 Å². The van der Waals surface area contributed by atoms with E-state index in [9.17, 15) is 4.79 Å². The third kappa shape index (κ3) is 3.50. The van der Waals surface area contributed by atoms with Crippen LogP contribution in [0.15, 0.2) is 35.4 Å². The molecule has 1 atom stereocenters. The van der Waals surface area contributed by atoms with Crippen LogP contribution in [-0.4, -0.2) is 29.2 Å². The van der Waals surface area contributed by atoms with Gasteiger partial charge in [-0.15, -0.1) is 0 Å². The standard InChI is InChI=1S/C17H21ClN4O/c1-12-3-4-14(18)9-15(12)22-7-5-13(11-22)10-20-16-17(23)21(2)8-6-19-16/h3-4,6,8-9,13H,5,7,10-11H2,1-2H3,(H,19,20)/t13-/m0/s1. The van der Waals surface area contributed by atoms with Crippen molar-refractivity contribution in [1.29, 1.82) is 0 Å². The van der Waals surface area contributed by atoms with Gasteiger partial charge in [0.1, 0.15) is 0 Å². The molecule has 0 spiro atoms. The van der Waals surface area contributed by atoms with Crippen molar-refractivity contribution in [2.24, 2.45) is 13.0 Å². The number of hydrogen-bond donors (Lipinski definition) is 1. The summed E-state index contributed by atoms with van der Waals surface area (Å²) in [6.45, 7) is 4.83. The first-order valence-electron chi connectivity index (χ1n) is 7.81. The van der Waals surface area contributed by atoms with Crippen molar-refractivity contribution in [3.63, 3.8) is 0 Å². The van der Waals surface area contributed by atoms with Gasteiger partial charge in [-0.2, -0.15) is 0 Å². The molecule has 1 saturated heterocycles. The Morgan fingerprint density at radius 1 is 1.43 bits per heavy atom. The molecule has 1 fully saturated rings. The number of anilines is 2. The van der Waals surface area contributed by atoms with Crippen LogP contribution in [0.2, 0.25) is 5.02 Å². The smallest absolute Gasteiger partial charge is 0.293 e. The van der Waals surface area contributed by atoms with Crippen LogP contribution in [-0.2, 0) is 7.05 Å². The van der Waals surface area contributed by atoms with Gasteiger partial charge in [0.2, 0.25) is 0 Å². The van der Waals surface area contributed by atoms with Gasteiger partial charge >= 0.3 is 0 Å². The minimum absolute atomic E-state index is 0.0898. The van der Waals surface area contributed by atoms with Crippen LogP contribution in [0, 0.1) is 12.8 Å². The monoisotopic (exact) mass is 332 g/mol. The summed E-state index contributed by atoms with van der Waals surface area (Å²) >= 11 is 6.12. The molecule has 5 nitrogen and oxygen atoms in total. The van der Waals surface area contributed by atoms with Crippen molar-refractivity contribution >= 4 is 23.1 Å². The van der Waals surface area contributed by atoms with E-state index >= 15 is 0 Å². The summed E-state index contributed by atoms with van der Waals surface area (Å²) in [6.07, 6.45) is 4.39. The van der Waals surface area contributed by atoms with Crippen LogP contribution in [0.25, 0.3) is 0 Å². The molecule has 1 aromatic heterocycles. The summed E-state index contributed by atoms with van der Waals surface area (Å²) in [5, 5.41) is 3.96. The second kappa shape index (κ2) is 6.62. The highest BCUT2D eigenvalue weighted by molar-refractivity contribution is 6.30. The number of hydrogen-bond acceptors (Lipinski definition) is 4. The summed E-state index contributed by atoms with van der Waals surface area (Å²) in [5.41, 5.74) is 2.35. The molecule has 122 valence electrons. The Kier molecular flexibility index (Phi) is 4.57. The Labute approximate surface area is 140 Å². The van der Waals surface area contributed by atoms with E-state index < -0.39 is 0 Å². The van der Waals surface area contributed by atoms with E-state index in [2.05, 4.69) is 28.2 Å². The fourth-order valence-electron chi connectivity index (χ4n) is 3.00. The maximum atomic E-state index is 12.0. The minimum Gasteiger partial charge on any atom is -0.371 e. The van der Waals surface area contributed by atoms with Gasteiger partial charge in [-0.05, 0) is 37.0 Å². The molecular formula is C17H21ClN4O. The first-order valence-corrected chi connectivity index (χ1v) is 8.19. The van der Waals surface area contributed by atoms with Crippen LogP contribution in [0.3, 0.4) is 0 Å². The molecular weight excluding hydrogens is 312 g/mol. The summed E-state index contributed by atoms with van der Waals surface area (Å²) in [7, 11) is 1.73. The number of nitrogens with zero attached hydrogens (tertiary/aromatic N) is 3. The fourth-order valence-corrected chi connectivity index (χ4v) is 3.17. The fraction of sp³-hybridized carbons (Fsp3) is 0.412. The third-order valence-corrected chi connectivity index (χ3v) is 4.61. The van der Waals surface area contributed by atoms with Gasteiger partial charge in [0, 0.05) is 49.8 Å². The van der Waals surface area contributed by atoms with E-state index in [0.29, 0.717) is 11.7 Å². The van der Waals surface area contributed by atoms with Crippen molar-refractivity contribution in [2.45, 2.75) is 13.3 Å². The second-order valence-corrected chi connectivity index (χ2v) is 6.54. The number of aromatic nitrogens is 2. The highest BCUT2D eigenvalue weighted by Gasteiger charge is 2.24. The molecule has 1 aliphatic rings. The zero-order chi connectivity index (χ0) is 16.4. The minimum atomic E-state index is -0.0898. The Morgan fingerprint density at radius 2 is 2.26 bits per heavy atom. The van der Waals surface area contributed by atoms with Gasteiger partial charge in [0.05, 0.1) is 0 Å². The average Bonchev–Trinajstić information content (AvgIpc) is 3.00. The van der Waals surface area contributed by atoms with Gasteiger partial charge in [0.25, 0.3) is 5.56 Å². The highest BCUT2D eigenvalue weighted by atomic mass is 35.5. The molecule has 0 amide bonds. The highest BCUT2D eigenvalue weighted by Crippen LogP contribution is 2.29. The molecule has 23 heavy (non-hydrogen) atoms. The SMILES string of the molecule is Cc1ccc(Cl)cc1N1CC[C@@H](CNc2nccn(C)c2=O)C1. The van der Waals surface area contributed by atoms with Crippen molar-refractivity contribution in [1.82, 2.24) is 9.55 Å². The quantitative estimate of drug-likeness (QED) is 0.935. The molecule has 0 saturated carbocycles. The van der Waals surface area contributed by atoms with Crippen molar-refractivity contribution in [3.8, 4) is 0 Å². The predicted octanol–water partition coefficient (Wildman–Crippen LogP) is 2.68. The maximum Gasteiger partial charge on any atom is 0.293 e. The molecule has 2 heterocycles. The van der Waals surface area contributed by atoms with Crippen LogP contribution < -0.4 is 15.8 Å². The van der Waals surface area contributed by atoms with Crippen LogP contribution in [0.4, 0.5) is 11.5 Å². The zero-order valence-electron chi connectivity index (χ0n) is 13.4. The Hall–Kier alpha value is -2.01. The lowest BCUT2D eigenvalue weighted by molar-refractivity contribution is 0.619. The lowest BCUT2D eigenvalue weighted by atomic mass is 10.1. The normalized spacial score (nSPS) is 17.5. The summed E-state index contributed by atoms with van der Waals surface area (Å²) < 4.78 is 1.53. The average molecular weight is 333 g/mol. The summed E-state index contributed by atoms with van der Waals surface area (Å²) in [6, 6.07) is 6.01. The number of benzene rings is 1. The Morgan fingerprint density at radius 3 is 3.09 bits per heavy atom. The second-order valence-electron chi connectivity index (χ2n) is 6.10. The zero-order valence-corrected chi connectivity index (χ0v) is 14.2. The van der Waals surface area contributed by atoms with E-state index in [0.717, 1.165) is 31.1 Å². The molecule has 6 heteroatoms. The van der Waals surface area contributed by atoms with Crippen molar-refractivity contribution < 1.29 is 0 Å². The number of halogens is 1. The van der Waals surface area contributed by atoms with Crippen molar-refractivity contribution in [3.05, 3.63) is 51.5 Å². The maximum absolute atomic E-state index is 12.0. The van der Waals surface area contributed by atoms with Gasteiger partial charge in [0.15, 0.2) is 5.82 Å². The number of aryl methyl sites for hydroxylation is 2. The van der Waals surface area contributed by atoms with Crippen LogP contribution >= 0.6 is 11.6 Å². The molecule has 0 radical (unpaired) electrons. The summed E-state index contributed by atoms with van der Waals surface area (Å²) in [5.74, 6) is 0.910. The van der Waals surface area contributed by atoms with Crippen LogP contribution in [0.1, 0.15) is 12.0 Å². The van der Waals surface area contributed by atoms with E-state index in [1.807, 2.05) is 12.1 Å². The van der Waals surface area contributed by atoms with E-state index in [-0.39, 0.29) is 5.56 Å². The molecule has 0 unspecified atom stereocenters. The molecule has 2 aromatic rings. The first-order chi connectivity index (χ1) is 11.0. The molecule has 1 aliphatic heterocycles.